The van der Waals surface area contributed by atoms with Gasteiger partial charge in [-0.15, -0.1) is 0 Å². The van der Waals surface area contributed by atoms with Crippen LogP contribution in [-0.2, 0) is 16.1 Å². The minimum Gasteiger partial charge on any atom is -0.342 e. The zero-order valence-electron chi connectivity index (χ0n) is 13.8. The van der Waals surface area contributed by atoms with Crippen molar-refractivity contribution in [2.45, 2.75) is 32.2 Å². The summed E-state index contributed by atoms with van der Waals surface area (Å²) in [5.41, 5.74) is 0.330. The van der Waals surface area contributed by atoms with Gasteiger partial charge >= 0.3 is 0 Å². The van der Waals surface area contributed by atoms with E-state index in [4.69, 9.17) is 11.6 Å². The standard InChI is InChI=1S/C18H22ClFN2O2/c1-21(11-14-15(19)5-2-6-16(14)20)17(23)13-4-3-9-22(10-13)18(24)12-7-8-12/h2,5-6,12-13H,3-4,7-11H2,1H3. The van der Waals surface area contributed by atoms with E-state index in [1.165, 1.54) is 11.0 Å². The van der Waals surface area contributed by atoms with E-state index in [0.717, 1.165) is 32.2 Å². The number of rotatable bonds is 4. The number of carbonyl (C=O) groups is 2. The van der Waals surface area contributed by atoms with Crippen molar-refractivity contribution in [2.75, 3.05) is 20.1 Å². The Morgan fingerprint density at radius 1 is 1.29 bits per heavy atom. The molecule has 1 unspecified atom stereocenters. The maximum absolute atomic E-state index is 13.9. The maximum Gasteiger partial charge on any atom is 0.227 e. The monoisotopic (exact) mass is 352 g/mol. The molecule has 0 aromatic heterocycles. The molecule has 1 aromatic rings. The highest BCUT2D eigenvalue weighted by Crippen LogP contribution is 2.33. The van der Waals surface area contributed by atoms with Gasteiger partial charge < -0.3 is 9.80 Å². The Morgan fingerprint density at radius 3 is 2.71 bits per heavy atom. The summed E-state index contributed by atoms with van der Waals surface area (Å²) in [6.45, 7) is 1.35. The number of hydrogen-bond donors (Lipinski definition) is 0. The van der Waals surface area contributed by atoms with Crippen molar-refractivity contribution < 1.29 is 14.0 Å². The normalized spacial score (nSPS) is 20.8. The Balaban J connectivity index is 1.63. The Kier molecular flexibility index (Phi) is 5.09. The molecular weight excluding hydrogens is 331 g/mol. The quantitative estimate of drug-likeness (QED) is 0.835. The van der Waals surface area contributed by atoms with Crippen molar-refractivity contribution in [3.8, 4) is 0 Å². The first kappa shape index (κ1) is 17.2. The summed E-state index contributed by atoms with van der Waals surface area (Å²) in [6, 6.07) is 4.51. The van der Waals surface area contributed by atoms with E-state index < -0.39 is 5.82 Å². The van der Waals surface area contributed by atoms with Gasteiger partial charge in [0, 0.05) is 43.2 Å². The first-order valence-corrected chi connectivity index (χ1v) is 8.82. The van der Waals surface area contributed by atoms with Gasteiger partial charge in [-0.05, 0) is 37.8 Å². The molecule has 0 radical (unpaired) electrons. The van der Waals surface area contributed by atoms with Gasteiger partial charge in [0.05, 0.1) is 5.92 Å². The fourth-order valence-electron chi connectivity index (χ4n) is 3.28. The molecule has 3 rings (SSSR count). The van der Waals surface area contributed by atoms with Crippen LogP contribution in [0.1, 0.15) is 31.2 Å². The number of nitrogens with zero attached hydrogens (tertiary/aromatic N) is 2. The van der Waals surface area contributed by atoms with Gasteiger partial charge in [-0.2, -0.15) is 0 Å². The topological polar surface area (TPSA) is 40.6 Å². The molecule has 130 valence electrons. The molecule has 2 aliphatic rings. The van der Waals surface area contributed by atoms with Crippen LogP contribution in [0.4, 0.5) is 4.39 Å². The minimum atomic E-state index is -0.406. The fraction of sp³-hybridized carbons (Fsp3) is 0.556. The highest BCUT2D eigenvalue weighted by Gasteiger charge is 2.37. The van der Waals surface area contributed by atoms with Crippen molar-refractivity contribution in [3.05, 3.63) is 34.6 Å². The van der Waals surface area contributed by atoms with E-state index in [1.807, 2.05) is 4.90 Å². The molecule has 0 bridgehead atoms. The third kappa shape index (κ3) is 3.72. The van der Waals surface area contributed by atoms with E-state index in [-0.39, 0.29) is 30.2 Å². The molecule has 0 spiro atoms. The number of halogens is 2. The van der Waals surface area contributed by atoms with E-state index in [9.17, 15) is 14.0 Å². The van der Waals surface area contributed by atoms with Gasteiger partial charge in [0.2, 0.25) is 11.8 Å². The lowest BCUT2D eigenvalue weighted by atomic mass is 9.96. The zero-order valence-corrected chi connectivity index (χ0v) is 14.6. The van der Waals surface area contributed by atoms with Crippen molar-refractivity contribution >= 4 is 23.4 Å². The van der Waals surface area contributed by atoms with Crippen molar-refractivity contribution in [1.29, 1.82) is 0 Å². The second-order valence-electron chi connectivity index (χ2n) is 6.79. The van der Waals surface area contributed by atoms with Crippen LogP contribution in [0, 0.1) is 17.7 Å². The molecule has 2 amide bonds. The number of carbonyl (C=O) groups excluding carboxylic acids is 2. The van der Waals surface area contributed by atoms with Crippen molar-refractivity contribution in [2.24, 2.45) is 11.8 Å². The summed E-state index contributed by atoms with van der Waals surface area (Å²) in [6.07, 6.45) is 3.55. The van der Waals surface area contributed by atoms with E-state index in [0.29, 0.717) is 17.1 Å². The molecule has 0 N–H and O–H groups in total. The van der Waals surface area contributed by atoms with Gasteiger partial charge in [0.25, 0.3) is 0 Å². The zero-order chi connectivity index (χ0) is 17.3. The number of likely N-dealkylation sites (tertiary alicyclic amines) is 1. The second-order valence-corrected chi connectivity index (χ2v) is 7.20. The molecule has 1 saturated heterocycles. The van der Waals surface area contributed by atoms with Gasteiger partial charge in [-0.1, -0.05) is 17.7 Å². The largest absolute Gasteiger partial charge is 0.342 e. The smallest absolute Gasteiger partial charge is 0.227 e. The molecular formula is C18H22ClFN2O2. The van der Waals surface area contributed by atoms with E-state index >= 15 is 0 Å². The average molecular weight is 353 g/mol. The molecule has 1 aliphatic heterocycles. The maximum atomic E-state index is 13.9. The fourth-order valence-corrected chi connectivity index (χ4v) is 3.50. The summed E-state index contributed by atoms with van der Waals surface area (Å²) in [5, 5.41) is 0.323. The predicted octanol–water partition coefficient (Wildman–Crippen LogP) is 3.09. The van der Waals surface area contributed by atoms with Crippen LogP contribution in [0.25, 0.3) is 0 Å². The number of piperidine rings is 1. The van der Waals surface area contributed by atoms with Crippen LogP contribution in [0.5, 0.6) is 0 Å². The Labute approximate surface area is 146 Å². The average Bonchev–Trinajstić information content (AvgIpc) is 3.42. The summed E-state index contributed by atoms with van der Waals surface area (Å²) in [7, 11) is 1.66. The van der Waals surface area contributed by atoms with Crippen LogP contribution >= 0.6 is 11.6 Å². The van der Waals surface area contributed by atoms with E-state index in [2.05, 4.69) is 0 Å². The molecule has 24 heavy (non-hydrogen) atoms. The Bertz CT molecular complexity index is 628. The van der Waals surface area contributed by atoms with Gasteiger partial charge in [-0.3, -0.25) is 9.59 Å². The minimum absolute atomic E-state index is 0.0531. The first-order valence-electron chi connectivity index (χ1n) is 8.44. The Morgan fingerprint density at radius 2 is 2.04 bits per heavy atom. The molecule has 1 aliphatic carbocycles. The van der Waals surface area contributed by atoms with Gasteiger partial charge in [0.15, 0.2) is 0 Å². The van der Waals surface area contributed by atoms with Gasteiger partial charge in [-0.25, -0.2) is 4.39 Å². The number of benzene rings is 1. The number of amides is 2. The lowest BCUT2D eigenvalue weighted by Gasteiger charge is -2.34. The molecule has 1 heterocycles. The van der Waals surface area contributed by atoms with Crippen LogP contribution in [0.15, 0.2) is 18.2 Å². The number of hydrogen-bond acceptors (Lipinski definition) is 2. The predicted molar refractivity (Wildman–Crippen MR) is 89.9 cm³/mol. The summed E-state index contributed by atoms with van der Waals surface area (Å²) in [5.74, 6) is -0.308. The first-order chi connectivity index (χ1) is 11.5. The molecule has 1 atom stereocenters. The lowest BCUT2D eigenvalue weighted by Crippen LogP contribution is -2.46. The SMILES string of the molecule is CN(Cc1c(F)cccc1Cl)C(=O)C1CCCN(C(=O)C2CC2)C1. The molecule has 6 heteroatoms. The molecule has 2 fully saturated rings. The summed E-state index contributed by atoms with van der Waals surface area (Å²) < 4.78 is 13.9. The second kappa shape index (κ2) is 7.09. The molecule has 1 aromatic carbocycles. The lowest BCUT2D eigenvalue weighted by molar-refractivity contribution is -0.141. The van der Waals surface area contributed by atoms with Crippen LogP contribution in [0.2, 0.25) is 5.02 Å². The van der Waals surface area contributed by atoms with Crippen molar-refractivity contribution in [1.82, 2.24) is 9.80 Å². The van der Waals surface area contributed by atoms with Crippen molar-refractivity contribution in [3.63, 3.8) is 0 Å². The van der Waals surface area contributed by atoms with E-state index in [1.54, 1.807) is 19.2 Å². The van der Waals surface area contributed by atoms with Crippen LogP contribution < -0.4 is 0 Å². The highest BCUT2D eigenvalue weighted by atomic mass is 35.5. The summed E-state index contributed by atoms with van der Waals surface area (Å²) >= 11 is 6.04. The Hall–Kier alpha value is -1.62. The molecule has 1 saturated carbocycles. The third-order valence-corrected chi connectivity index (χ3v) is 5.20. The van der Waals surface area contributed by atoms with Crippen LogP contribution in [-0.4, -0.2) is 41.8 Å². The van der Waals surface area contributed by atoms with Gasteiger partial charge in [0.1, 0.15) is 5.82 Å². The summed E-state index contributed by atoms with van der Waals surface area (Å²) in [4.78, 5) is 28.3. The third-order valence-electron chi connectivity index (χ3n) is 4.84. The van der Waals surface area contributed by atoms with Crippen LogP contribution in [0.3, 0.4) is 0 Å². The molecule has 4 nitrogen and oxygen atoms in total. The highest BCUT2D eigenvalue weighted by molar-refractivity contribution is 6.31.